The highest BCUT2D eigenvalue weighted by Gasteiger charge is 2.43. The van der Waals surface area contributed by atoms with Crippen molar-refractivity contribution < 1.29 is 8.42 Å². The summed E-state index contributed by atoms with van der Waals surface area (Å²) in [6, 6.07) is 4.83. The molecule has 0 amide bonds. The SMILES string of the molecule is N#Cc1ccc(S(=O)(=O)N2CC[C@H]3CNC[C@H]32)cn1. The highest BCUT2D eigenvalue weighted by atomic mass is 32.2. The number of sulfonamides is 1. The Morgan fingerprint density at radius 2 is 2.26 bits per heavy atom. The van der Waals surface area contributed by atoms with Gasteiger partial charge in [-0.15, -0.1) is 0 Å². The van der Waals surface area contributed by atoms with Gasteiger partial charge in [-0.2, -0.15) is 9.57 Å². The lowest BCUT2D eigenvalue weighted by Gasteiger charge is -2.22. The Labute approximate surface area is 112 Å². The topological polar surface area (TPSA) is 86.1 Å². The van der Waals surface area contributed by atoms with Crippen molar-refractivity contribution in [2.45, 2.75) is 17.4 Å². The Kier molecular flexibility index (Phi) is 3.01. The lowest BCUT2D eigenvalue weighted by atomic mass is 10.1. The van der Waals surface area contributed by atoms with E-state index in [0.717, 1.165) is 13.0 Å². The molecule has 3 heterocycles. The van der Waals surface area contributed by atoms with Gasteiger partial charge in [-0.1, -0.05) is 0 Å². The Balaban J connectivity index is 1.92. The Morgan fingerprint density at radius 1 is 1.42 bits per heavy atom. The Hall–Kier alpha value is -1.49. The third-order valence-corrected chi connectivity index (χ3v) is 5.76. The van der Waals surface area contributed by atoms with Gasteiger partial charge in [-0.25, -0.2) is 13.4 Å². The van der Waals surface area contributed by atoms with Gasteiger partial charge in [0.2, 0.25) is 10.0 Å². The van der Waals surface area contributed by atoms with E-state index in [9.17, 15) is 8.42 Å². The van der Waals surface area contributed by atoms with Gasteiger partial charge >= 0.3 is 0 Å². The van der Waals surface area contributed by atoms with Crippen LogP contribution in [0.25, 0.3) is 0 Å². The molecule has 2 aliphatic heterocycles. The zero-order valence-corrected chi connectivity index (χ0v) is 11.1. The predicted molar refractivity (Wildman–Crippen MR) is 67.6 cm³/mol. The molecular formula is C12H14N4O2S. The van der Waals surface area contributed by atoms with Crippen LogP contribution < -0.4 is 5.32 Å². The molecule has 0 spiro atoms. The highest BCUT2D eigenvalue weighted by Crippen LogP contribution is 2.31. The molecule has 0 saturated carbocycles. The van der Waals surface area contributed by atoms with Gasteiger partial charge in [0.1, 0.15) is 16.7 Å². The van der Waals surface area contributed by atoms with Gasteiger partial charge in [0.25, 0.3) is 0 Å². The first-order valence-electron chi connectivity index (χ1n) is 6.21. The van der Waals surface area contributed by atoms with Crippen LogP contribution in [-0.2, 0) is 10.0 Å². The maximum absolute atomic E-state index is 12.6. The fourth-order valence-electron chi connectivity index (χ4n) is 2.84. The van der Waals surface area contributed by atoms with Crippen LogP contribution in [0.5, 0.6) is 0 Å². The first-order chi connectivity index (χ1) is 9.13. The summed E-state index contributed by atoms with van der Waals surface area (Å²) >= 11 is 0. The van der Waals surface area contributed by atoms with Gasteiger partial charge in [-0.05, 0) is 31.0 Å². The number of fused-ring (bicyclic) bond motifs is 1. The largest absolute Gasteiger partial charge is 0.315 e. The normalized spacial score (nSPS) is 27.1. The molecule has 0 radical (unpaired) electrons. The van der Waals surface area contributed by atoms with E-state index in [1.807, 2.05) is 6.07 Å². The molecule has 7 heteroatoms. The second-order valence-corrected chi connectivity index (χ2v) is 6.77. The molecule has 2 atom stereocenters. The molecule has 1 aromatic heterocycles. The van der Waals surface area contributed by atoms with Crippen molar-refractivity contribution in [3.8, 4) is 6.07 Å². The van der Waals surface area contributed by atoms with Gasteiger partial charge in [-0.3, -0.25) is 0 Å². The molecule has 0 bridgehead atoms. The second-order valence-electron chi connectivity index (χ2n) is 4.88. The van der Waals surface area contributed by atoms with Gasteiger partial charge < -0.3 is 5.32 Å². The minimum absolute atomic E-state index is 0.0562. The lowest BCUT2D eigenvalue weighted by Crippen LogP contribution is -2.39. The van der Waals surface area contributed by atoms with Gasteiger partial charge in [0, 0.05) is 25.3 Å². The lowest BCUT2D eigenvalue weighted by molar-refractivity contribution is 0.382. The molecule has 1 aromatic rings. The van der Waals surface area contributed by atoms with Crippen LogP contribution in [0, 0.1) is 17.2 Å². The fraction of sp³-hybridized carbons (Fsp3) is 0.500. The molecule has 1 N–H and O–H groups in total. The van der Waals surface area contributed by atoms with Crippen molar-refractivity contribution in [2.75, 3.05) is 19.6 Å². The summed E-state index contributed by atoms with van der Waals surface area (Å²) in [5, 5.41) is 11.9. The zero-order valence-electron chi connectivity index (χ0n) is 10.3. The smallest absolute Gasteiger partial charge is 0.244 e. The van der Waals surface area contributed by atoms with E-state index >= 15 is 0 Å². The van der Waals surface area contributed by atoms with Crippen LogP contribution in [0.4, 0.5) is 0 Å². The van der Waals surface area contributed by atoms with Crippen LogP contribution in [0.1, 0.15) is 12.1 Å². The third-order valence-electron chi connectivity index (χ3n) is 3.85. The second kappa shape index (κ2) is 4.56. The molecule has 2 fully saturated rings. The number of hydrogen-bond acceptors (Lipinski definition) is 5. The van der Waals surface area contributed by atoms with Crippen molar-refractivity contribution in [3.05, 3.63) is 24.0 Å². The molecule has 0 aromatic carbocycles. The third kappa shape index (κ3) is 2.02. The van der Waals surface area contributed by atoms with Crippen molar-refractivity contribution in [2.24, 2.45) is 5.92 Å². The van der Waals surface area contributed by atoms with Crippen LogP contribution in [-0.4, -0.2) is 43.4 Å². The highest BCUT2D eigenvalue weighted by molar-refractivity contribution is 7.89. The van der Waals surface area contributed by atoms with E-state index in [1.54, 1.807) is 4.31 Å². The quantitative estimate of drug-likeness (QED) is 0.818. The average molecular weight is 278 g/mol. The maximum atomic E-state index is 12.6. The molecule has 100 valence electrons. The van der Waals surface area contributed by atoms with Crippen molar-refractivity contribution in [1.29, 1.82) is 5.26 Å². The minimum atomic E-state index is -3.50. The number of rotatable bonds is 2. The molecule has 0 aliphatic carbocycles. The summed E-state index contributed by atoms with van der Waals surface area (Å²) in [5.74, 6) is 0.418. The van der Waals surface area contributed by atoms with E-state index in [1.165, 1.54) is 18.3 Å². The number of nitrogens with one attached hydrogen (secondary N) is 1. The minimum Gasteiger partial charge on any atom is -0.315 e. The summed E-state index contributed by atoms with van der Waals surface area (Å²) in [7, 11) is -3.50. The standard InChI is InChI=1S/C12H14N4O2S/c13-5-10-1-2-11(7-15-10)19(17,18)16-4-3-9-6-14-8-12(9)16/h1-2,7,9,12,14H,3-4,6,8H2/t9-,12+/m0/s1. The number of nitriles is 1. The van der Waals surface area contributed by atoms with Crippen LogP contribution in [0.3, 0.4) is 0 Å². The van der Waals surface area contributed by atoms with Gasteiger partial charge in [0.05, 0.1) is 0 Å². The van der Waals surface area contributed by atoms with Crippen molar-refractivity contribution in [3.63, 3.8) is 0 Å². The van der Waals surface area contributed by atoms with Gasteiger partial charge in [0.15, 0.2) is 0 Å². The van der Waals surface area contributed by atoms with Crippen LogP contribution in [0.15, 0.2) is 23.2 Å². The molecule has 2 aliphatic rings. The van der Waals surface area contributed by atoms with E-state index in [4.69, 9.17) is 5.26 Å². The Morgan fingerprint density at radius 3 is 2.95 bits per heavy atom. The molecule has 3 rings (SSSR count). The summed E-state index contributed by atoms with van der Waals surface area (Å²) in [6.07, 6.45) is 2.17. The maximum Gasteiger partial charge on any atom is 0.244 e. The van der Waals surface area contributed by atoms with E-state index < -0.39 is 10.0 Å². The zero-order chi connectivity index (χ0) is 13.5. The molecular weight excluding hydrogens is 264 g/mol. The summed E-state index contributed by atoms with van der Waals surface area (Å²) in [4.78, 5) is 4.00. The first kappa shape index (κ1) is 12.5. The number of hydrogen-bond donors (Lipinski definition) is 1. The first-order valence-corrected chi connectivity index (χ1v) is 7.65. The van der Waals surface area contributed by atoms with E-state index in [0.29, 0.717) is 19.0 Å². The summed E-state index contributed by atoms with van der Waals surface area (Å²) < 4.78 is 26.7. The summed E-state index contributed by atoms with van der Waals surface area (Å²) in [5.41, 5.74) is 0.223. The Bertz CT molecular complexity index is 620. The number of pyridine rings is 1. The van der Waals surface area contributed by atoms with Crippen LogP contribution >= 0.6 is 0 Å². The monoisotopic (exact) mass is 278 g/mol. The molecule has 2 saturated heterocycles. The molecule has 6 nitrogen and oxygen atoms in total. The predicted octanol–water partition coefficient (Wildman–Crippen LogP) is -0.0643. The average Bonchev–Trinajstić information content (AvgIpc) is 3.01. The molecule has 0 unspecified atom stereocenters. The van der Waals surface area contributed by atoms with Crippen LogP contribution in [0.2, 0.25) is 0 Å². The molecule has 19 heavy (non-hydrogen) atoms. The number of nitrogens with zero attached hydrogens (tertiary/aromatic N) is 3. The number of aromatic nitrogens is 1. The summed E-state index contributed by atoms with van der Waals surface area (Å²) in [6.45, 7) is 2.18. The fourth-order valence-corrected chi connectivity index (χ4v) is 4.49. The van der Waals surface area contributed by atoms with Crippen molar-refractivity contribution in [1.82, 2.24) is 14.6 Å². The van der Waals surface area contributed by atoms with E-state index in [2.05, 4.69) is 10.3 Å². The van der Waals surface area contributed by atoms with Crippen molar-refractivity contribution >= 4 is 10.0 Å². The van der Waals surface area contributed by atoms with E-state index in [-0.39, 0.29) is 16.6 Å².